The number of ether oxygens (including phenoxy) is 1. The van der Waals surface area contributed by atoms with Crippen molar-refractivity contribution >= 4 is 103 Å². The van der Waals surface area contributed by atoms with Crippen molar-refractivity contribution in [3.8, 4) is 11.5 Å². The lowest BCUT2D eigenvalue weighted by molar-refractivity contribution is 0.0696. The Kier molecular flexibility index (Phi) is 8.90. The summed E-state index contributed by atoms with van der Waals surface area (Å²) in [6, 6.07) is 28.9. The van der Waals surface area contributed by atoms with Crippen molar-refractivity contribution in [2.75, 3.05) is 18.0 Å². The summed E-state index contributed by atoms with van der Waals surface area (Å²) in [5.74, 6) is 0.0982. The van der Waals surface area contributed by atoms with Crippen LogP contribution in [0.2, 0.25) is 0 Å². The Balaban J connectivity index is 1.30. The third-order valence-electron chi connectivity index (χ3n) is 13.4. The first kappa shape index (κ1) is 42.9. The van der Waals surface area contributed by atoms with Gasteiger partial charge in [-0.15, -0.1) is 0 Å². The van der Waals surface area contributed by atoms with Crippen molar-refractivity contribution in [1.29, 1.82) is 0 Å². The highest BCUT2D eigenvalue weighted by molar-refractivity contribution is 7.86. The van der Waals surface area contributed by atoms with Gasteiger partial charge in [0, 0.05) is 51.5 Å². The molecule has 338 valence electrons. The van der Waals surface area contributed by atoms with Crippen molar-refractivity contribution < 1.29 is 53.5 Å². The van der Waals surface area contributed by atoms with Crippen LogP contribution in [0, 0.1) is 0 Å². The monoisotopic (exact) mass is 955 g/mol. The van der Waals surface area contributed by atoms with Gasteiger partial charge in [0.05, 0.1) is 42.3 Å². The highest BCUT2D eigenvalue weighted by atomic mass is 32.2. The third-order valence-corrected chi connectivity index (χ3v) is 15.9. The molecule has 8 aromatic carbocycles. The first-order valence-electron chi connectivity index (χ1n) is 21.0. The number of carboxylic acids is 1. The topological polar surface area (TPSA) is 216 Å². The molecule has 0 spiro atoms. The normalized spacial score (nSPS) is 16.2. The number of hydrogen-bond donors (Lipinski definition) is 4. The van der Waals surface area contributed by atoms with Crippen molar-refractivity contribution in [1.82, 2.24) is 4.58 Å². The molecule has 0 aliphatic carbocycles. The van der Waals surface area contributed by atoms with Crippen molar-refractivity contribution in [2.24, 2.45) is 0 Å². The maximum Gasteiger partial charge on any atom is 0.335 e. The van der Waals surface area contributed by atoms with Gasteiger partial charge in [0.2, 0.25) is 11.0 Å². The smallest absolute Gasteiger partial charge is 0.335 e. The molecule has 3 heterocycles. The standard InChI is InChI=1S/C50H38N2O12S3/c1-49(2)24-51(31-9-5-26(6-10-31)48(53)54)44-38-21-29-17-34(66(58,59)60)13-7-27(29)19-36(38)40-23-41-37-20-28-8-14-35(67(61,62)63)18-30(28)22-39(37)45-43(47(41)64-46(40)42(44)49)50(3,4)25-52(45)32-11-15-33(16-12-32)65(55,56)57/h5-23H,24-25H2,1-4H3,(H3-,53,54,55,56,57,58,59,60,61,62,63)/p+1. The van der Waals surface area contributed by atoms with Gasteiger partial charge < -0.3 is 14.7 Å². The molecule has 0 unspecified atom stereocenters. The van der Waals surface area contributed by atoms with Crippen LogP contribution < -0.4 is 24.8 Å². The fraction of sp³-hybridized carbons (Fsp3) is 0.160. The van der Waals surface area contributed by atoms with E-state index < -0.39 is 47.2 Å². The van der Waals surface area contributed by atoms with Crippen molar-refractivity contribution in [3.05, 3.63) is 142 Å². The zero-order chi connectivity index (χ0) is 47.5. The van der Waals surface area contributed by atoms with Crippen molar-refractivity contribution in [3.63, 3.8) is 0 Å². The second kappa shape index (κ2) is 13.9. The maximum atomic E-state index is 12.4. The summed E-state index contributed by atoms with van der Waals surface area (Å²) in [6.45, 7) is 9.19. The molecule has 0 aromatic heterocycles. The fourth-order valence-electron chi connectivity index (χ4n) is 10.4. The van der Waals surface area contributed by atoms with Gasteiger partial charge in [0.15, 0.2) is 6.54 Å². The number of anilines is 2. The molecular weight excluding hydrogens is 917 g/mol. The average molecular weight is 956 g/mol. The van der Waals surface area contributed by atoms with Crippen LogP contribution in [-0.2, 0) is 41.2 Å². The zero-order valence-corrected chi connectivity index (χ0v) is 38.5. The number of hydrogen-bond acceptors (Lipinski definition) is 9. The number of benzene rings is 8. The summed E-state index contributed by atoms with van der Waals surface area (Å²) in [4.78, 5) is 13.2. The molecular formula is C50H39N2O12S3+. The molecule has 0 amide bonds. The highest BCUT2D eigenvalue weighted by Crippen LogP contribution is 2.56. The van der Waals surface area contributed by atoms with E-state index in [0.29, 0.717) is 57.2 Å². The molecule has 17 heteroatoms. The third kappa shape index (κ3) is 6.63. The molecule has 14 nitrogen and oxygen atoms in total. The van der Waals surface area contributed by atoms with Crippen LogP contribution in [0.15, 0.2) is 124 Å². The van der Waals surface area contributed by atoms with E-state index in [1.807, 2.05) is 28.8 Å². The average Bonchev–Trinajstić information content (AvgIpc) is 3.72. The van der Waals surface area contributed by atoms with Crippen LogP contribution in [0.4, 0.5) is 17.1 Å². The van der Waals surface area contributed by atoms with Gasteiger partial charge in [-0.1, -0.05) is 26.0 Å². The van der Waals surface area contributed by atoms with Crippen LogP contribution in [-0.4, -0.2) is 63.1 Å². The lowest BCUT2D eigenvalue weighted by atomic mass is 9.80. The number of carbonyl (C=O) groups is 1. The van der Waals surface area contributed by atoms with Crippen LogP contribution in [0.1, 0.15) is 54.7 Å². The first-order valence-corrected chi connectivity index (χ1v) is 25.3. The summed E-state index contributed by atoms with van der Waals surface area (Å²) in [5.41, 5.74) is 3.41. The number of aromatic carboxylic acids is 1. The van der Waals surface area contributed by atoms with Crippen LogP contribution in [0.3, 0.4) is 0 Å². The second-order valence-corrected chi connectivity index (χ2v) is 23.0. The minimum atomic E-state index is -4.56. The number of carboxylic acid groups (broad SMARTS) is 1. The Hall–Kier alpha value is -6.73. The Morgan fingerprint density at radius 2 is 1.13 bits per heavy atom. The Morgan fingerprint density at radius 3 is 1.70 bits per heavy atom. The molecule has 0 saturated carbocycles. The molecule has 0 radical (unpaired) electrons. The Morgan fingerprint density at radius 1 is 0.597 bits per heavy atom. The molecule has 0 saturated heterocycles. The maximum absolute atomic E-state index is 12.4. The zero-order valence-electron chi connectivity index (χ0n) is 36.1. The van der Waals surface area contributed by atoms with E-state index in [1.165, 1.54) is 36.4 Å². The second-order valence-electron chi connectivity index (χ2n) is 18.7. The van der Waals surface area contributed by atoms with E-state index in [-0.39, 0.29) is 20.2 Å². The summed E-state index contributed by atoms with van der Waals surface area (Å²) >= 11 is 0. The Bertz CT molecular complexity index is 4110. The molecule has 3 aliphatic rings. The molecule has 4 N–H and O–H groups in total. The van der Waals surface area contributed by atoms with Gasteiger partial charge in [-0.2, -0.15) is 29.8 Å². The quantitative estimate of drug-likeness (QED) is 0.0703. The van der Waals surface area contributed by atoms with Crippen LogP contribution in [0.25, 0.3) is 49.2 Å². The largest absolute Gasteiger partial charge is 0.478 e. The minimum absolute atomic E-state index is 0.120. The molecule has 8 aromatic rings. The number of fused-ring (bicyclic) bond motifs is 14. The molecule has 11 rings (SSSR count). The number of rotatable bonds is 6. The van der Waals surface area contributed by atoms with Crippen molar-refractivity contribution in [2.45, 2.75) is 53.2 Å². The van der Waals surface area contributed by atoms with Gasteiger partial charge in [-0.05, 0) is 137 Å². The predicted molar refractivity (Wildman–Crippen MR) is 254 cm³/mol. The van der Waals surface area contributed by atoms with E-state index >= 15 is 0 Å². The van der Waals surface area contributed by atoms with Gasteiger partial charge in [-0.25, -0.2) is 4.79 Å². The summed E-state index contributed by atoms with van der Waals surface area (Å²) < 4.78 is 113. The van der Waals surface area contributed by atoms with E-state index in [4.69, 9.17) is 4.74 Å². The lowest BCUT2D eigenvalue weighted by Gasteiger charge is -2.28. The van der Waals surface area contributed by atoms with E-state index in [9.17, 15) is 48.8 Å². The highest BCUT2D eigenvalue weighted by Gasteiger charge is 2.46. The van der Waals surface area contributed by atoms with E-state index in [2.05, 4.69) is 38.7 Å². The first-order chi connectivity index (χ1) is 31.4. The molecule has 3 aliphatic heterocycles. The SMILES string of the molecule is CC1(C)CN(c2ccc(C(=O)O)cc2)c2c1c1c(c3cc4ccc(S(=O)(=O)O)cc4cc23)C=c2c(c3c(c4cc5cc(S(=O)(=O)O)ccc5cc24)=[N+](c2ccc(S(=O)(=O)O)cc2)CC3(C)C)O1. The predicted octanol–water partition coefficient (Wildman–Crippen LogP) is 8.22. The van der Waals surface area contributed by atoms with E-state index in [1.54, 1.807) is 48.5 Å². The van der Waals surface area contributed by atoms with Gasteiger partial charge in [-0.3, -0.25) is 13.7 Å². The van der Waals surface area contributed by atoms with Gasteiger partial charge in [0.1, 0.15) is 11.5 Å². The van der Waals surface area contributed by atoms with E-state index in [0.717, 1.165) is 54.8 Å². The summed E-state index contributed by atoms with van der Waals surface area (Å²) in [7, 11) is -13.6. The number of nitrogens with zero attached hydrogens (tertiary/aromatic N) is 2. The summed E-state index contributed by atoms with van der Waals surface area (Å²) in [5, 5.41) is 16.6. The van der Waals surface area contributed by atoms with Crippen LogP contribution in [0.5, 0.6) is 11.5 Å². The van der Waals surface area contributed by atoms with Crippen LogP contribution >= 0.6 is 0 Å². The fourth-order valence-corrected chi connectivity index (χ4v) is 11.9. The lowest BCUT2D eigenvalue weighted by Crippen LogP contribution is -2.29. The Labute approximate surface area is 383 Å². The molecule has 67 heavy (non-hydrogen) atoms. The molecule has 0 atom stereocenters. The molecule has 0 fully saturated rings. The molecule has 0 bridgehead atoms. The summed E-state index contributed by atoms with van der Waals surface area (Å²) in [6.07, 6.45) is 2.09. The van der Waals surface area contributed by atoms with Gasteiger partial charge in [0.25, 0.3) is 30.4 Å². The minimum Gasteiger partial charge on any atom is -0.478 e. The van der Waals surface area contributed by atoms with Gasteiger partial charge >= 0.3 is 5.97 Å².